The van der Waals surface area contributed by atoms with Crippen molar-refractivity contribution in [2.75, 3.05) is 5.32 Å². The van der Waals surface area contributed by atoms with Crippen molar-refractivity contribution in [1.82, 2.24) is 0 Å². The zero-order valence-corrected chi connectivity index (χ0v) is 10.3. The van der Waals surface area contributed by atoms with E-state index in [1.807, 2.05) is 29.0 Å². The van der Waals surface area contributed by atoms with Crippen molar-refractivity contribution in [3.05, 3.63) is 51.2 Å². The number of hydrogen-bond acceptors (Lipinski definition) is 2. The van der Waals surface area contributed by atoms with Crippen molar-refractivity contribution in [2.45, 2.75) is 0 Å². The highest BCUT2D eigenvalue weighted by Gasteiger charge is 2.23. The molecule has 0 atom stereocenters. The highest BCUT2D eigenvalue weighted by Crippen LogP contribution is 2.34. The summed E-state index contributed by atoms with van der Waals surface area (Å²) in [6.45, 7) is 0. The van der Waals surface area contributed by atoms with Crippen LogP contribution in [0.5, 0.6) is 0 Å². The molecule has 0 saturated carbocycles. The average molecular weight is 262 g/mol. The van der Waals surface area contributed by atoms with Gasteiger partial charge < -0.3 is 5.32 Å². The van der Waals surface area contributed by atoms with E-state index >= 15 is 0 Å². The summed E-state index contributed by atoms with van der Waals surface area (Å²) >= 11 is 7.50. The first kappa shape index (κ1) is 10.6. The van der Waals surface area contributed by atoms with Crippen LogP contribution in [0.2, 0.25) is 5.02 Å². The summed E-state index contributed by atoms with van der Waals surface area (Å²) in [6, 6.07) is 7.41. The molecule has 1 amide bonds. The molecule has 3 rings (SSSR count). The number of benzene rings is 1. The fourth-order valence-electron chi connectivity index (χ4n) is 1.83. The summed E-state index contributed by atoms with van der Waals surface area (Å²) in [5.74, 6) is -0.0755. The Balaban J connectivity index is 2.11. The summed E-state index contributed by atoms with van der Waals surface area (Å²) < 4.78 is 0. The number of fused-ring (bicyclic) bond motifs is 1. The molecule has 1 aliphatic rings. The lowest BCUT2D eigenvalue weighted by atomic mass is 10.1. The fourth-order valence-corrected chi connectivity index (χ4v) is 2.62. The van der Waals surface area contributed by atoms with Crippen molar-refractivity contribution >= 4 is 46.2 Å². The van der Waals surface area contributed by atoms with Gasteiger partial charge in [-0.1, -0.05) is 17.7 Å². The van der Waals surface area contributed by atoms with Gasteiger partial charge in [-0.15, -0.1) is 0 Å². The van der Waals surface area contributed by atoms with Gasteiger partial charge in [-0.05, 0) is 40.6 Å². The highest BCUT2D eigenvalue weighted by molar-refractivity contribution is 7.08. The maximum Gasteiger partial charge on any atom is 0.256 e. The van der Waals surface area contributed by atoms with Crippen LogP contribution in [0.1, 0.15) is 11.1 Å². The molecule has 0 spiro atoms. The van der Waals surface area contributed by atoms with Crippen LogP contribution in [0, 0.1) is 0 Å². The number of thiophene rings is 1. The predicted octanol–water partition coefficient (Wildman–Crippen LogP) is 3.89. The maximum absolute atomic E-state index is 11.8. The third kappa shape index (κ3) is 1.88. The molecule has 0 radical (unpaired) electrons. The Kier molecular flexibility index (Phi) is 2.50. The van der Waals surface area contributed by atoms with Crippen molar-refractivity contribution in [2.24, 2.45) is 0 Å². The Hall–Kier alpha value is -1.58. The van der Waals surface area contributed by atoms with Crippen LogP contribution in [0.25, 0.3) is 11.6 Å². The minimum absolute atomic E-state index is 0.0755. The number of carbonyl (C=O) groups is 1. The molecule has 0 bridgehead atoms. The summed E-state index contributed by atoms with van der Waals surface area (Å²) in [7, 11) is 0. The average Bonchev–Trinajstić information content (AvgIpc) is 2.88. The predicted molar refractivity (Wildman–Crippen MR) is 72.3 cm³/mol. The lowest BCUT2D eigenvalue weighted by molar-refractivity contribution is -0.110. The fraction of sp³-hybridized carbons (Fsp3) is 0. The molecule has 0 unspecified atom stereocenters. The second-order valence-corrected chi connectivity index (χ2v) is 4.98. The van der Waals surface area contributed by atoms with E-state index in [2.05, 4.69) is 5.32 Å². The summed E-state index contributed by atoms with van der Waals surface area (Å²) in [4.78, 5) is 11.8. The van der Waals surface area contributed by atoms with E-state index in [1.165, 1.54) is 0 Å². The second kappa shape index (κ2) is 4.02. The molecular formula is C13H8ClNOS. The van der Waals surface area contributed by atoms with Crippen LogP contribution < -0.4 is 5.32 Å². The molecule has 0 aliphatic carbocycles. The van der Waals surface area contributed by atoms with E-state index in [1.54, 1.807) is 23.5 Å². The largest absolute Gasteiger partial charge is 0.321 e. The molecule has 0 saturated heterocycles. The van der Waals surface area contributed by atoms with Gasteiger partial charge in [0.25, 0.3) is 5.91 Å². The van der Waals surface area contributed by atoms with Crippen LogP contribution >= 0.6 is 22.9 Å². The zero-order chi connectivity index (χ0) is 11.8. The molecule has 2 aromatic rings. The summed E-state index contributed by atoms with van der Waals surface area (Å²) in [6.07, 6.45) is 1.89. The van der Waals surface area contributed by atoms with E-state index < -0.39 is 0 Å². The number of hydrogen-bond donors (Lipinski definition) is 1. The number of rotatable bonds is 1. The Morgan fingerprint density at radius 2 is 2.18 bits per heavy atom. The summed E-state index contributed by atoms with van der Waals surface area (Å²) in [5.41, 5.74) is 3.42. The Labute approximate surface area is 108 Å². The van der Waals surface area contributed by atoms with Gasteiger partial charge in [-0.25, -0.2) is 0 Å². The lowest BCUT2D eigenvalue weighted by Crippen LogP contribution is -2.03. The quantitative estimate of drug-likeness (QED) is 0.775. The number of nitrogens with one attached hydrogen (secondary N) is 1. The van der Waals surface area contributed by atoms with Gasteiger partial charge >= 0.3 is 0 Å². The van der Waals surface area contributed by atoms with Gasteiger partial charge in [-0.3, -0.25) is 4.79 Å². The Morgan fingerprint density at radius 3 is 2.94 bits per heavy atom. The molecule has 17 heavy (non-hydrogen) atoms. The van der Waals surface area contributed by atoms with Gasteiger partial charge in [0.15, 0.2) is 0 Å². The third-order valence-electron chi connectivity index (χ3n) is 2.62. The molecule has 4 heteroatoms. The van der Waals surface area contributed by atoms with E-state index in [9.17, 15) is 4.79 Å². The van der Waals surface area contributed by atoms with Crippen molar-refractivity contribution in [1.29, 1.82) is 0 Å². The van der Waals surface area contributed by atoms with Gasteiger partial charge in [0.1, 0.15) is 0 Å². The first-order valence-corrected chi connectivity index (χ1v) is 6.41. The smallest absolute Gasteiger partial charge is 0.256 e. The van der Waals surface area contributed by atoms with Crippen LogP contribution in [0.4, 0.5) is 5.69 Å². The molecule has 84 valence electrons. The van der Waals surface area contributed by atoms with Crippen molar-refractivity contribution < 1.29 is 4.79 Å². The number of halogens is 1. The highest BCUT2D eigenvalue weighted by atomic mass is 35.5. The van der Waals surface area contributed by atoms with Crippen LogP contribution in [0.3, 0.4) is 0 Å². The Bertz CT molecular complexity index is 616. The molecule has 2 nitrogen and oxygen atoms in total. The maximum atomic E-state index is 11.8. The molecule has 1 aromatic carbocycles. The molecule has 1 aliphatic heterocycles. The monoisotopic (exact) mass is 261 g/mol. The van der Waals surface area contributed by atoms with E-state index in [0.717, 1.165) is 16.8 Å². The topological polar surface area (TPSA) is 29.1 Å². The molecule has 0 fully saturated rings. The van der Waals surface area contributed by atoms with Crippen molar-refractivity contribution in [3.8, 4) is 0 Å². The standard InChI is InChI=1S/C13H8ClNOS/c14-9-1-2-10-11(5-8-3-4-17-7-8)13(16)15-12(10)6-9/h1-7H,(H,15,16)/b11-5-. The zero-order valence-electron chi connectivity index (χ0n) is 8.74. The van der Waals surface area contributed by atoms with Crippen LogP contribution in [0.15, 0.2) is 35.0 Å². The molecule has 1 aromatic heterocycles. The van der Waals surface area contributed by atoms with Gasteiger partial charge in [0.2, 0.25) is 0 Å². The number of carbonyl (C=O) groups excluding carboxylic acids is 1. The minimum atomic E-state index is -0.0755. The Morgan fingerprint density at radius 1 is 1.29 bits per heavy atom. The first-order valence-electron chi connectivity index (χ1n) is 5.09. The van der Waals surface area contributed by atoms with E-state index in [4.69, 9.17) is 11.6 Å². The summed E-state index contributed by atoms with van der Waals surface area (Å²) in [5, 5.41) is 7.43. The van der Waals surface area contributed by atoms with E-state index in [-0.39, 0.29) is 5.91 Å². The molecule has 2 heterocycles. The molecular weight excluding hydrogens is 254 g/mol. The van der Waals surface area contributed by atoms with Crippen LogP contribution in [-0.2, 0) is 4.79 Å². The minimum Gasteiger partial charge on any atom is -0.321 e. The molecule has 1 N–H and O–H groups in total. The van der Waals surface area contributed by atoms with Gasteiger partial charge in [0.05, 0.1) is 5.69 Å². The third-order valence-corrected chi connectivity index (χ3v) is 3.56. The van der Waals surface area contributed by atoms with E-state index in [0.29, 0.717) is 10.6 Å². The first-order chi connectivity index (χ1) is 8.24. The number of anilines is 1. The van der Waals surface area contributed by atoms with Gasteiger partial charge in [-0.2, -0.15) is 11.3 Å². The van der Waals surface area contributed by atoms with Crippen molar-refractivity contribution in [3.63, 3.8) is 0 Å². The van der Waals surface area contributed by atoms with Crippen LogP contribution in [-0.4, -0.2) is 5.91 Å². The lowest BCUT2D eigenvalue weighted by Gasteiger charge is -1.98. The normalized spacial score (nSPS) is 16.1. The number of amides is 1. The second-order valence-electron chi connectivity index (χ2n) is 3.76. The van der Waals surface area contributed by atoms with Gasteiger partial charge in [0, 0.05) is 16.2 Å². The SMILES string of the molecule is O=C1Nc2cc(Cl)ccc2/C1=C/c1ccsc1.